The van der Waals surface area contributed by atoms with E-state index >= 15 is 0 Å². The lowest BCUT2D eigenvalue weighted by Crippen LogP contribution is -1.92. The molecule has 0 atom stereocenters. The van der Waals surface area contributed by atoms with Crippen molar-refractivity contribution < 1.29 is 9.90 Å². The topological polar surface area (TPSA) is 37.3 Å². The van der Waals surface area contributed by atoms with Gasteiger partial charge in [-0.05, 0) is 19.3 Å². The standard InChI is InChI=1S/C8H16.C6H12O2/c1-3-5-7-8-6-4-2;1-2-3-4-5-6(7)8/h3H,1,4-8H2,2H3;2-5H2,1H3,(H,7,8). The van der Waals surface area contributed by atoms with E-state index in [-0.39, 0.29) is 0 Å². The normalized spacial score (nSPS) is 9.12. The lowest BCUT2D eigenvalue weighted by molar-refractivity contribution is -0.137. The molecule has 0 aromatic heterocycles. The maximum Gasteiger partial charge on any atom is 0.303 e. The van der Waals surface area contributed by atoms with Crippen LogP contribution in [0.25, 0.3) is 0 Å². The van der Waals surface area contributed by atoms with Crippen LogP contribution < -0.4 is 0 Å². The van der Waals surface area contributed by atoms with Crippen LogP contribution in [0.1, 0.15) is 71.6 Å². The van der Waals surface area contributed by atoms with E-state index in [1.165, 1.54) is 32.1 Å². The molecule has 0 aromatic carbocycles. The Hall–Kier alpha value is -0.790. The number of carboxylic acids is 1. The monoisotopic (exact) mass is 228 g/mol. The van der Waals surface area contributed by atoms with E-state index in [0.717, 1.165) is 19.3 Å². The number of unbranched alkanes of at least 4 members (excludes halogenated alkanes) is 6. The smallest absolute Gasteiger partial charge is 0.303 e. The van der Waals surface area contributed by atoms with Crippen LogP contribution in [0.4, 0.5) is 0 Å². The van der Waals surface area contributed by atoms with E-state index in [1.54, 1.807) is 0 Å². The van der Waals surface area contributed by atoms with Gasteiger partial charge in [0.05, 0.1) is 0 Å². The zero-order chi connectivity index (χ0) is 12.6. The summed E-state index contributed by atoms with van der Waals surface area (Å²) in [6, 6.07) is 0. The average Bonchev–Trinajstić information content (AvgIpc) is 2.25. The predicted molar refractivity (Wildman–Crippen MR) is 70.7 cm³/mol. The largest absolute Gasteiger partial charge is 0.481 e. The number of allylic oxidation sites excluding steroid dienone is 1. The van der Waals surface area contributed by atoms with Gasteiger partial charge in [-0.2, -0.15) is 0 Å². The minimum atomic E-state index is -0.682. The van der Waals surface area contributed by atoms with Gasteiger partial charge in [0, 0.05) is 6.42 Å². The molecule has 16 heavy (non-hydrogen) atoms. The van der Waals surface area contributed by atoms with Crippen LogP contribution in [0.15, 0.2) is 12.7 Å². The molecule has 0 fully saturated rings. The van der Waals surface area contributed by atoms with Gasteiger partial charge in [0.25, 0.3) is 0 Å². The fourth-order valence-electron chi connectivity index (χ4n) is 1.24. The molecule has 0 amide bonds. The van der Waals surface area contributed by atoms with Gasteiger partial charge in [0.15, 0.2) is 0 Å². The Labute approximate surface area is 101 Å². The summed E-state index contributed by atoms with van der Waals surface area (Å²) < 4.78 is 0. The summed E-state index contributed by atoms with van der Waals surface area (Å²) >= 11 is 0. The third-order valence-electron chi connectivity index (χ3n) is 2.26. The number of hydrogen-bond donors (Lipinski definition) is 1. The first-order valence-electron chi connectivity index (χ1n) is 6.51. The predicted octanol–water partition coefficient (Wildman–Crippen LogP) is 4.79. The molecule has 0 saturated carbocycles. The van der Waals surface area contributed by atoms with Gasteiger partial charge >= 0.3 is 5.97 Å². The van der Waals surface area contributed by atoms with Crippen LogP contribution in [0.3, 0.4) is 0 Å². The van der Waals surface area contributed by atoms with Crippen molar-refractivity contribution in [2.24, 2.45) is 0 Å². The van der Waals surface area contributed by atoms with Crippen molar-refractivity contribution in [3.8, 4) is 0 Å². The molecule has 0 spiro atoms. The fraction of sp³-hybridized carbons (Fsp3) is 0.786. The molecule has 0 bridgehead atoms. The van der Waals surface area contributed by atoms with Crippen LogP contribution >= 0.6 is 0 Å². The van der Waals surface area contributed by atoms with Gasteiger partial charge in [-0.1, -0.05) is 52.0 Å². The maximum absolute atomic E-state index is 9.87. The summed E-state index contributed by atoms with van der Waals surface area (Å²) in [6.07, 6.45) is 11.9. The Bertz CT molecular complexity index is 153. The molecule has 0 aliphatic carbocycles. The highest BCUT2D eigenvalue weighted by molar-refractivity contribution is 5.66. The van der Waals surface area contributed by atoms with Crippen molar-refractivity contribution in [3.05, 3.63) is 12.7 Å². The Morgan fingerprint density at radius 2 is 1.62 bits per heavy atom. The molecule has 0 aliphatic rings. The van der Waals surface area contributed by atoms with Gasteiger partial charge in [-0.15, -0.1) is 6.58 Å². The van der Waals surface area contributed by atoms with Crippen LogP contribution in [0, 0.1) is 0 Å². The van der Waals surface area contributed by atoms with Crippen molar-refractivity contribution in [2.75, 3.05) is 0 Å². The molecule has 2 nitrogen and oxygen atoms in total. The molecule has 1 N–H and O–H groups in total. The van der Waals surface area contributed by atoms with Gasteiger partial charge in [0.2, 0.25) is 0 Å². The molecule has 0 saturated heterocycles. The number of carbonyl (C=O) groups is 1. The minimum absolute atomic E-state index is 0.327. The SMILES string of the molecule is C=CCCCCCC.CCCCCC(=O)O. The van der Waals surface area contributed by atoms with Crippen LogP contribution in [0.5, 0.6) is 0 Å². The molecule has 0 aliphatic heterocycles. The summed E-state index contributed by atoms with van der Waals surface area (Å²) in [5.74, 6) is -0.682. The lowest BCUT2D eigenvalue weighted by atomic mass is 10.2. The van der Waals surface area contributed by atoms with Crippen molar-refractivity contribution >= 4 is 5.97 Å². The Morgan fingerprint density at radius 3 is 2.06 bits per heavy atom. The highest BCUT2D eigenvalue weighted by Crippen LogP contribution is 2.01. The molecule has 0 rings (SSSR count). The number of carboxylic acid groups (broad SMARTS) is 1. The Kier molecular flexibility index (Phi) is 18.3. The number of hydrogen-bond acceptors (Lipinski definition) is 1. The van der Waals surface area contributed by atoms with E-state index in [1.807, 2.05) is 6.08 Å². The van der Waals surface area contributed by atoms with Crippen LogP contribution in [-0.2, 0) is 4.79 Å². The van der Waals surface area contributed by atoms with Gasteiger partial charge in [-0.3, -0.25) is 4.79 Å². The second kappa shape index (κ2) is 16.6. The lowest BCUT2D eigenvalue weighted by Gasteiger charge is -1.91. The summed E-state index contributed by atoms with van der Waals surface area (Å²) in [5, 5.41) is 8.14. The highest BCUT2D eigenvalue weighted by Gasteiger charge is 1.92. The molecule has 0 radical (unpaired) electrons. The second-order valence-corrected chi connectivity index (χ2v) is 3.99. The number of aliphatic carboxylic acids is 1. The highest BCUT2D eigenvalue weighted by atomic mass is 16.4. The molecular formula is C14H28O2. The first kappa shape index (κ1) is 17.6. The Balaban J connectivity index is 0. The third-order valence-corrected chi connectivity index (χ3v) is 2.26. The maximum atomic E-state index is 9.87. The van der Waals surface area contributed by atoms with Gasteiger partial charge in [-0.25, -0.2) is 0 Å². The molecule has 0 aromatic rings. The third kappa shape index (κ3) is 23.2. The van der Waals surface area contributed by atoms with Crippen molar-refractivity contribution in [2.45, 2.75) is 71.6 Å². The molecular weight excluding hydrogens is 200 g/mol. The van der Waals surface area contributed by atoms with E-state index in [2.05, 4.69) is 20.4 Å². The quantitative estimate of drug-likeness (QED) is 0.455. The second-order valence-electron chi connectivity index (χ2n) is 3.99. The van der Waals surface area contributed by atoms with E-state index in [0.29, 0.717) is 6.42 Å². The van der Waals surface area contributed by atoms with Crippen molar-refractivity contribution in [1.82, 2.24) is 0 Å². The molecule has 0 unspecified atom stereocenters. The zero-order valence-electron chi connectivity index (χ0n) is 11.0. The van der Waals surface area contributed by atoms with Crippen molar-refractivity contribution in [3.63, 3.8) is 0 Å². The van der Waals surface area contributed by atoms with Gasteiger partial charge < -0.3 is 5.11 Å². The number of rotatable bonds is 9. The molecule has 96 valence electrons. The zero-order valence-corrected chi connectivity index (χ0v) is 11.0. The van der Waals surface area contributed by atoms with E-state index in [4.69, 9.17) is 5.11 Å². The van der Waals surface area contributed by atoms with Gasteiger partial charge in [0.1, 0.15) is 0 Å². The van der Waals surface area contributed by atoms with Crippen molar-refractivity contribution in [1.29, 1.82) is 0 Å². The van der Waals surface area contributed by atoms with Crippen LogP contribution in [-0.4, -0.2) is 11.1 Å². The summed E-state index contributed by atoms with van der Waals surface area (Å²) in [7, 11) is 0. The first-order chi connectivity index (χ1) is 7.68. The molecule has 2 heteroatoms. The summed E-state index contributed by atoms with van der Waals surface area (Å²) in [6.45, 7) is 7.95. The summed E-state index contributed by atoms with van der Waals surface area (Å²) in [4.78, 5) is 9.87. The average molecular weight is 228 g/mol. The fourth-order valence-corrected chi connectivity index (χ4v) is 1.24. The first-order valence-corrected chi connectivity index (χ1v) is 6.51. The van der Waals surface area contributed by atoms with E-state index < -0.39 is 5.97 Å². The van der Waals surface area contributed by atoms with Crippen LogP contribution in [0.2, 0.25) is 0 Å². The summed E-state index contributed by atoms with van der Waals surface area (Å²) in [5.41, 5.74) is 0. The van der Waals surface area contributed by atoms with E-state index in [9.17, 15) is 4.79 Å². The minimum Gasteiger partial charge on any atom is -0.481 e. The molecule has 0 heterocycles. The Morgan fingerprint density at radius 1 is 1.06 bits per heavy atom.